The smallest absolute Gasteiger partial charge is 0.317 e. The summed E-state index contributed by atoms with van der Waals surface area (Å²) in [6, 6.07) is 10.3. The molecule has 2 fully saturated rings. The van der Waals surface area contributed by atoms with Crippen LogP contribution in [-0.2, 0) is 4.79 Å². The minimum absolute atomic E-state index is 0.0418. The lowest BCUT2D eigenvalue weighted by Crippen LogP contribution is -2.41. The van der Waals surface area contributed by atoms with E-state index in [4.69, 9.17) is 0 Å². The van der Waals surface area contributed by atoms with Crippen LogP contribution in [0.1, 0.15) is 43.6 Å². The van der Waals surface area contributed by atoms with Crippen LogP contribution in [0, 0.1) is 0 Å². The maximum atomic E-state index is 12.3. The summed E-state index contributed by atoms with van der Waals surface area (Å²) in [5.74, 6) is 0.588. The van der Waals surface area contributed by atoms with E-state index in [0.717, 1.165) is 45.4 Å². The van der Waals surface area contributed by atoms with Crippen LogP contribution in [0.5, 0.6) is 0 Å². The van der Waals surface area contributed by atoms with Gasteiger partial charge in [0.1, 0.15) is 0 Å². The number of nitrogens with one attached hydrogen (secondary N) is 1. The third-order valence-electron chi connectivity index (χ3n) is 5.07. The van der Waals surface area contributed by atoms with E-state index in [1.54, 1.807) is 0 Å². The van der Waals surface area contributed by atoms with Gasteiger partial charge in [0.2, 0.25) is 5.91 Å². The van der Waals surface area contributed by atoms with Crippen LogP contribution in [0.3, 0.4) is 0 Å². The Bertz CT molecular complexity index is 555. The van der Waals surface area contributed by atoms with E-state index >= 15 is 0 Å². The minimum Gasteiger partial charge on any atom is -0.343 e. The Morgan fingerprint density at radius 2 is 1.75 bits per heavy atom. The second-order valence-electron chi connectivity index (χ2n) is 6.77. The van der Waals surface area contributed by atoms with E-state index in [0.29, 0.717) is 18.9 Å². The highest BCUT2D eigenvalue weighted by atomic mass is 16.2. The van der Waals surface area contributed by atoms with Gasteiger partial charge in [0.25, 0.3) is 0 Å². The van der Waals surface area contributed by atoms with Crippen molar-refractivity contribution in [3.8, 4) is 0 Å². The van der Waals surface area contributed by atoms with Crippen LogP contribution in [0.2, 0.25) is 0 Å². The average Bonchev–Trinajstić information content (AvgIpc) is 3.13. The fraction of sp³-hybridized carbons (Fsp3) is 0.579. The highest BCUT2D eigenvalue weighted by molar-refractivity contribution is 5.78. The highest BCUT2D eigenvalue weighted by Crippen LogP contribution is 2.26. The Hall–Kier alpha value is -2.04. The largest absolute Gasteiger partial charge is 0.343 e. The molecular weight excluding hydrogens is 302 g/mol. The minimum atomic E-state index is -0.0418. The molecule has 130 valence electrons. The molecule has 3 amide bonds. The first-order valence-corrected chi connectivity index (χ1v) is 9.09. The van der Waals surface area contributed by atoms with Crippen LogP contribution < -0.4 is 5.32 Å². The molecule has 2 aliphatic rings. The number of benzene rings is 1. The van der Waals surface area contributed by atoms with E-state index in [1.807, 2.05) is 28.0 Å². The quantitative estimate of drug-likeness (QED) is 0.923. The zero-order chi connectivity index (χ0) is 16.8. The molecule has 0 bridgehead atoms. The summed E-state index contributed by atoms with van der Waals surface area (Å²) in [5, 5.41) is 2.91. The van der Waals surface area contributed by atoms with Crippen molar-refractivity contribution in [2.24, 2.45) is 0 Å². The van der Waals surface area contributed by atoms with Crippen molar-refractivity contribution in [2.45, 2.75) is 38.0 Å². The molecule has 0 aromatic heterocycles. The van der Waals surface area contributed by atoms with E-state index in [-0.39, 0.29) is 11.9 Å². The summed E-state index contributed by atoms with van der Waals surface area (Å²) in [7, 11) is 0. The number of carbonyl (C=O) groups is 2. The summed E-state index contributed by atoms with van der Waals surface area (Å²) < 4.78 is 0. The fourth-order valence-corrected chi connectivity index (χ4v) is 3.63. The number of urea groups is 1. The first-order valence-electron chi connectivity index (χ1n) is 9.09. The number of hydrogen-bond acceptors (Lipinski definition) is 2. The summed E-state index contributed by atoms with van der Waals surface area (Å²) in [6.07, 6.45) is 4.84. The predicted octanol–water partition coefficient (Wildman–Crippen LogP) is 2.59. The number of piperidine rings is 1. The van der Waals surface area contributed by atoms with Gasteiger partial charge in [0, 0.05) is 45.1 Å². The van der Waals surface area contributed by atoms with Gasteiger partial charge in [-0.1, -0.05) is 30.3 Å². The van der Waals surface area contributed by atoms with Crippen LogP contribution in [0.4, 0.5) is 4.79 Å². The molecule has 0 aliphatic carbocycles. The summed E-state index contributed by atoms with van der Waals surface area (Å²) >= 11 is 0. The normalized spacial score (nSPS) is 20.9. The first-order chi connectivity index (χ1) is 11.7. The highest BCUT2D eigenvalue weighted by Gasteiger charge is 2.27. The zero-order valence-corrected chi connectivity index (χ0v) is 14.2. The van der Waals surface area contributed by atoms with Gasteiger partial charge in [0.15, 0.2) is 0 Å². The third kappa shape index (κ3) is 4.28. The maximum Gasteiger partial charge on any atom is 0.317 e. The maximum absolute atomic E-state index is 12.3. The topological polar surface area (TPSA) is 52.7 Å². The molecule has 1 aromatic carbocycles. The average molecular weight is 329 g/mol. The molecular formula is C19H27N3O2. The Balaban J connectivity index is 1.39. The number of hydrogen-bond donors (Lipinski definition) is 1. The molecule has 1 atom stereocenters. The molecule has 2 saturated heterocycles. The Labute approximate surface area is 144 Å². The standard InChI is InChI=1S/C19H27N3O2/c23-18(21-12-5-2-6-13-21)9-11-20-19(24)22-14-10-17(15-22)16-7-3-1-4-8-16/h1,3-4,7-8,17H,2,5-6,9-15H2,(H,20,24)/t17-/m1/s1. The molecule has 0 unspecified atom stereocenters. The lowest BCUT2D eigenvalue weighted by Gasteiger charge is -2.27. The SMILES string of the molecule is O=C(CCNC(=O)N1CC[C@@H](c2ccccc2)C1)N1CCCCC1. The predicted molar refractivity (Wildman–Crippen MR) is 93.8 cm³/mol. The van der Waals surface area contributed by atoms with Crippen molar-refractivity contribution in [2.75, 3.05) is 32.7 Å². The molecule has 24 heavy (non-hydrogen) atoms. The van der Waals surface area contributed by atoms with Gasteiger partial charge in [-0.15, -0.1) is 0 Å². The van der Waals surface area contributed by atoms with Gasteiger partial charge in [-0.2, -0.15) is 0 Å². The van der Waals surface area contributed by atoms with E-state index in [9.17, 15) is 9.59 Å². The van der Waals surface area contributed by atoms with Gasteiger partial charge in [-0.05, 0) is 31.2 Å². The van der Waals surface area contributed by atoms with Crippen LogP contribution in [-0.4, -0.2) is 54.5 Å². The summed E-state index contributed by atoms with van der Waals surface area (Å²) in [6.45, 7) is 3.72. The molecule has 0 radical (unpaired) electrons. The number of carbonyl (C=O) groups excluding carboxylic acids is 2. The van der Waals surface area contributed by atoms with E-state index < -0.39 is 0 Å². The molecule has 2 aliphatic heterocycles. The van der Waals surface area contributed by atoms with Crippen molar-refractivity contribution in [1.82, 2.24) is 15.1 Å². The summed E-state index contributed by atoms with van der Waals surface area (Å²) in [5.41, 5.74) is 1.30. The number of likely N-dealkylation sites (tertiary alicyclic amines) is 2. The van der Waals surface area contributed by atoms with Gasteiger partial charge in [-0.3, -0.25) is 4.79 Å². The molecule has 1 N–H and O–H groups in total. The number of amides is 3. The Morgan fingerprint density at radius 3 is 2.50 bits per heavy atom. The van der Waals surface area contributed by atoms with Gasteiger partial charge in [0.05, 0.1) is 0 Å². The lowest BCUT2D eigenvalue weighted by molar-refractivity contribution is -0.131. The van der Waals surface area contributed by atoms with Gasteiger partial charge >= 0.3 is 6.03 Å². The van der Waals surface area contributed by atoms with Crippen molar-refractivity contribution in [3.63, 3.8) is 0 Å². The molecule has 2 heterocycles. The van der Waals surface area contributed by atoms with Crippen LogP contribution in [0.15, 0.2) is 30.3 Å². The molecule has 0 spiro atoms. The molecule has 0 saturated carbocycles. The van der Waals surface area contributed by atoms with Gasteiger partial charge < -0.3 is 15.1 Å². The van der Waals surface area contributed by atoms with Crippen molar-refractivity contribution in [1.29, 1.82) is 0 Å². The lowest BCUT2D eigenvalue weighted by atomic mass is 9.99. The first kappa shape index (κ1) is 16.8. The molecule has 5 heteroatoms. The van der Waals surface area contributed by atoms with E-state index in [1.165, 1.54) is 12.0 Å². The molecule has 1 aromatic rings. The van der Waals surface area contributed by atoms with Crippen molar-refractivity contribution < 1.29 is 9.59 Å². The number of nitrogens with zero attached hydrogens (tertiary/aromatic N) is 2. The van der Waals surface area contributed by atoms with Crippen LogP contribution >= 0.6 is 0 Å². The van der Waals surface area contributed by atoms with Crippen molar-refractivity contribution in [3.05, 3.63) is 35.9 Å². The van der Waals surface area contributed by atoms with Crippen molar-refractivity contribution >= 4 is 11.9 Å². The van der Waals surface area contributed by atoms with Crippen LogP contribution in [0.25, 0.3) is 0 Å². The zero-order valence-electron chi connectivity index (χ0n) is 14.2. The second kappa shape index (κ2) is 8.18. The van der Waals surface area contributed by atoms with Gasteiger partial charge in [-0.25, -0.2) is 4.79 Å². The van der Waals surface area contributed by atoms with E-state index in [2.05, 4.69) is 17.4 Å². The fourth-order valence-electron chi connectivity index (χ4n) is 3.63. The Morgan fingerprint density at radius 1 is 1.00 bits per heavy atom. The number of rotatable bonds is 4. The summed E-state index contributed by atoms with van der Waals surface area (Å²) in [4.78, 5) is 28.2. The molecule has 5 nitrogen and oxygen atoms in total. The second-order valence-corrected chi connectivity index (χ2v) is 6.77. The monoisotopic (exact) mass is 329 g/mol. The third-order valence-corrected chi connectivity index (χ3v) is 5.07. The molecule has 3 rings (SSSR count). The Kier molecular flexibility index (Phi) is 5.72.